The Morgan fingerprint density at radius 3 is 2.25 bits per heavy atom. The molecule has 0 N–H and O–H groups in total. The maximum absolute atomic E-state index is 9.97. The molecular formula is C3H6NaO3P. The maximum atomic E-state index is 9.97. The van der Waals surface area contributed by atoms with E-state index in [1.165, 1.54) is 0 Å². The smallest absolute Gasteiger partial charge is 0.769 e. The molecule has 5 heteroatoms. The summed E-state index contributed by atoms with van der Waals surface area (Å²) in [7, 11) is -3.53. The van der Waals surface area contributed by atoms with Crippen LogP contribution in [0.3, 0.4) is 0 Å². The van der Waals surface area contributed by atoms with Gasteiger partial charge in [0, 0.05) is 6.66 Å². The molecule has 0 fully saturated rings. The SMILES string of the molecule is C=COP(C)(=O)[O-].[Na+]. The summed E-state index contributed by atoms with van der Waals surface area (Å²) in [6.45, 7) is 4.03. The van der Waals surface area contributed by atoms with Crippen LogP contribution in [0.1, 0.15) is 0 Å². The summed E-state index contributed by atoms with van der Waals surface area (Å²) in [4.78, 5) is 9.97. The second-order valence-electron chi connectivity index (χ2n) is 1.04. The third-order valence-electron chi connectivity index (χ3n) is 0.266. The van der Waals surface area contributed by atoms with Gasteiger partial charge in [0.25, 0.3) is 0 Å². The Labute approximate surface area is 70.6 Å². The molecule has 0 heterocycles. The Morgan fingerprint density at radius 2 is 2.25 bits per heavy atom. The fraction of sp³-hybridized carbons (Fsp3) is 0.333. The van der Waals surface area contributed by atoms with Gasteiger partial charge in [0.1, 0.15) is 0 Å². The van der Waals surface area contributed by atoms with E-state index in [0.717, 1.165) is 12.9 Å². The van der Waals surface area contributed by atoms with Crippen LogP contribution in [-0.2, 0) is 9.09 Å². The van der Waals surface area contributed by atoms with E-state index in [9.17, 15) is 9.46 Å². The monoisotopic (exact) mass is 144 g/mol. The van der Waals surface area contributed by atoms with Crippen molar-refractivity contribution >= 4 is 7.60 Å². The molecule has 0 aromatic carbocycles. The van der Waals surface area contributed by atoms with Gasteiger partial charge in [-0.1, -0.05) is 6.58 Å². The van der Waals surface area contributed by atoms with Crippen molar-refractivity contribution in [2.45, 2.75) is 0 Å². The van der Waals surface area contributed by atoms with Gasteiger partial charge in [-0.05, 0) is 0 Å². The van der Waals surface area contributed by atoms with Crippen LogP contribution >= 0.6 is 7.60 Å². The Hall–Kier alpha value is 0.730. The second-order valence-corrected chi connectivity index (χ2v) is 2.80. The van der Waals surface area contributed by atoms with Gasteiger partial charge in [0.2, 0.25) is 0 Å². The second kappa shape index (κ2) is 4.59. The van der Waals surface area contributed by atoms with Crippen LogP contribution < -0.4 is 34.5 Å². The van der Waals surface area contributed by atoms with Crippen LogP contribution in [0.15, 0.2) is 12.8 Å². The van der Waals surface area contributed by atoms with Crippen LogP contribution in [0.25, 0.3) is 0 Å². The topological polar surface area (TPSA) is 49.4 Å². The molecule has 1 unspecified atom stereocenters. The van der Waals surface area contributed by atoms with Crippen molar-refractivity contribution in [3.8, 4) is 0 Å². The summed E-state index contributed by atoms with van der Waals surface area (Å²) in [5.41, 5.74) is 0. The molecular weight excluding hydrogens is 138 g/mol. The molecule has 0 aliphatic carbocycles. The molecule has 0 rings (SSSR count). The largest absolute Gasteiger partial charge is 1.00 e. The van der Waals surface area contributed by atoms with Crippen LogP contribution in [0.5, 0.6) is 0 Å². The van der Waals surface area contributed by atoms with Gasteiger partial charge in [-0.2, -0.15) is 0 Å². The molecule has 3 nitrogen and oxygen atoms in total. The Balaban J connectivity index is 0. The van der Waals surface area contributed by atoms with Gasteiger partial charge in [0.15, 0.2) is 7.60 Å². The number of hydrogen-bond acceptors (Lipinski definition) is 3. The Bertz CT molecular complexity index is 107. The van der Waals surface area contributed by atoms with Crippen molar-refractivity contribution in [1.82, 2.24) is 0 Å². The predicted molar refractivity (Wildman–Crippen MR) is 24.8 cm³/mol. The third-order valence-corrected chi connectivity index (χ3v) is 0.798. The van der Waals surface area contributed by atoms with E-state index in [1.54, 1.807) is 0 Å². The van der Waals surface area contributed by atoms with Crippen LogP contribution in [0.2, 0.25) is 0 Å². The summed E-state index contributed by atoms with van der Waals surface area (Å²) in [6.07, 6.45) is 0.883. The predicted octanol–water partition coefficient (Wildman–Crippen LogP) is -2.67. The van der Waals surface area contributed by atoms with Crippen molar-refractivity contribution in [1.29, 1.82) is 0 Å². The quantitative estimate of drug-likeness (QED) is 0.241. The minimum Gasteiger partial charge on any atom is -0.769 e. The molecule has 0 radical (unpaired) electrons. The normalized spacial score (nSPS) is 15.2. The summed E-state index contributed by atoms with van der Waals surface area (Å²) >= 11 is 0. The van der Waals surface area contributed by atoms with Gasteiger partial charge < -0.3 is 9.42 Å². The molecule has 42 valence electrons. The van der Waals surface area contributed by atoms with Crippen molar-refractivity contribution in [2.24, 2.45) is 0 Å². The van der Waals surface area contributed by atoms with Crippen molar-refractivity contribution < 1.29 is 43.5 Å². The fourth-order valence-electron chi connectivity index (χ4n) is 0.135. The molecule has 0 aliphatic rings. The standard InChI is InChI=1S/C3H7O3P.Na/c1-3-6-7(2,4)5;/h3H,1H2,2H3,(H,4,5);/q;+1/p-1. The first-order valence-electron chi connectivity index (χ1n) is 1.64. The molecule has 0 saturated carbocycles. The molecule has 0 spiro atoms. The van der Waals surface area contributed by atoms with E-state index >= 15 is 0 Å². The van der Waals surface area contributed by atoms with E-state index in [4.69, 9.17) is 0 Å². The summed E-state index contributed by atoms with van der Waals surface area (Å²) in [6, 6.07) is 0. The summed E-state index contributed by atoms with van der Waals surface area (Å²) in [5, 5.41) is 0. The molecule has 0 amide bonds. The van der Waals surface area contributed by atoms with Crippen molar-refractivity contribution in [3.05, 3.63) is 12.8 Å². The zero-order valence-electron chi connectivity index (χ0n) is 4.96. The van der Waals surface area contributed by atoms with Gasteiger partial charge in [-0.15, -0.1) is 0 Å². The van der Waals surface area contributed by atoms with E-state index in [-0.39, 0.29) is 29.6 Å². The van der Waals surface area contributed by atoms with Gasteiger partial charge in [-0.3, -0.25) is 4.57 Å². The van der Waals surface area contributed by atoms with Gasteiger partial charge in [-0.25, -0.2) is 0 Å². The summed E-state index contributed by atoms with van der Waals surface area (Å²) < 4.78 is 14.0. The number of rotatable bonds is 2. The zero-order chi connectivity index (χ0) is 5.91. The number of hydrogen-bond donors (Lipinski definition) is 0. The first kappa shape index (κ1) is 11.5. The molecule has 0 aliphatic heterocycles. The van der Waals surface area contributed by atoms with Gasteiger partial charge >= 0.3 is 29.6 Å². The molecule has 0 aromatic rings. The van der Waals surface area contributed by atoms with Crippen LogP contribution in [0.4, 0.5) is 0 Å². The van der Waals surface area contributed by atoms with Crippen LogP contribution in [0, 0.1) is 0 Å². The minimum absolute atomic E-state index is 0. The Morgan fingerprint density at radius 1 is 1.88 bits per heavy atom. The molecule has 0 saturated heterocycles. The first-order valence-corrected chi connectivity index (χ1v) is 3.63. The van der Waals surface area contributed by atoms with E-state index in [1.807, 2.05) is 0 Å². The van der Waals surface area contributed by atoms with Crippen LogP contribution in [-0.4, -0.2) is 6.66 Å². The van der Waals surface area contributed by atoms with Crippen molar-refractivity contribution in [2.75, 3.05) is 6.66 Å². The average Bonchev–Trinajstić information content (AvgIpc) is 1.30. The average molecular weight is 144 g/mol. The first-order chi connectivity index (χ1) is 3.06. The van der Waals surface area contributed by atoms with Gasteiger partial charge in [0.05, 0.1) is 6.26 Å². The molecule has 0 bridgehead atoms. The van der Waals surface area contributed by atoms with E-state index in [0.29, 0.717) is 0 Å². The van der Waals surface area contributed by atoms with E-state index < -0.39 is 7.60 Å². The van der Waals surface area contributed by atoms with Crippen molar-refractivity contribution in [3.63, 3.8) is 0 Å². The Kier molecular flexibility index (Phi) is 6.61. The third kappa shape index (κ3) is 9.88. The molecule has 0 aromatic heterocycles. The zero-order valence-corrected chi connectivity index (χ0v) is 7.85. The summed E-state index contributed by atoms with van der Waals surface area (Å²) in [5.74, 6) is 0. The molecule has 1 atom stereocenters. The molecule has 8 heavy (non-hydrogen) atoms. The fourth-order valence-corrected chi connectivity index (χ4v) is 0.406. The van der Waals surface area contributed by atoms with E-state index in [2.05, 4.69) is 11.1 Å². The minimum atomic E-state index is -3.53. The maximum Gasteiger partial charge on any atom is 1.00 e.